The zero-order valence-corrected chi connectivity index (χ0v) is 22.8. The summed E-state index contributed by atoms with van der Waals surface area (Å²) in [4.78, 5) is 17.2. The van der Waals surface area contributed by atoms with Gasteiger partial charge in [-0.3, -0.25) is 9.10 Å². The minimum Gasteiger partial charge on any atom is -0.394 e. The molecule has 1 atom stereocenters. The Bertz CT molecular complexity index is 1430. The molecule has 3 fully saturated rings. The molecular weight excluding hydrogens is 514 g/mol. The van der Waals surface area contributed by atoms with Crippen molar-refractivity contribution >= 4 is 37.1 Å². The Hall–Kier alpha value is -2.63. The first-order chi connectivity index (χ1) is 17.5. The molecule has 2 aliphatic heterocycles. The molecule has 2 aromatic rings. The van der Waals surface area contributed by atoms with Crippen molar-refractivity contribution in [1.82, 2.24) is 4.90 Å². The molecule has 3 aliphatic rings. The average Bonchev–Trinajstić information content (AvgIpc) is 3.66. The molecule has 2 heterocycles. The number of hydrogen-bond acceptors (Lipinski definition) is 7. The minimum atomic E-state index is -3.84. The monoisotopic (exact) mass is 547 g/mol. The molecule has 0 aromatic heterocycles. The van der Waals surface area contributed by atoms with Crippen LogP contribution in [0.25, 0.3) is 0 Å². The highest BCUT2D eigenvalue weighted by Gasteiger charge is 2.38. The van der Waals surface area contributed by atoms with Crippen molar-refractivity contribution in [1.29, 1.82) is 0 Å². The van der Waals surface area contributed by atoms with Crippen LogP contribution >= 0.6 is 0 Å². The van der Waals surface area contributed by atoms with Crippen LogP contribution in [0.15, 0.2) is 41.3 Å². The number of carbonyl (C=O) groups excluding carboxylic acids is 1. The Balaban J connectivity index is 1.36. The molecule has 1 saturated carbocycles. The van der Waals surface area contributed by atoms with Crippen LogP contribution in [0.3, 0.4) is 0 Å². The maximum Gasteiger partial charge on any atom is 0.255 e. The summed E-state index contributed by atoms with van der Waals surface area (Å²) < 4.78 is 51.6. The summed E-state index contributed by atoms with van der Waals surface area (Å²) in [5, 5.41) is 9.64. The summed E-state index contributed by atoms with van der Waals surface area (Å²) >= 11 is 0. The zero-order valence-electron chi connectivity index (χ0n) is 21.1. The molecule has 1 N–H and O–H groups in total. The van der Waals surface area contributed by atoms with Gasteiger partial charge in [0.2, 0.25) is 10.0 Å². The third kappa shape index (κ3) is 5.08. The molecule has 2 aromatic carbocycles. The second-order valence-electron chi connectivity index (χ2n) is 10.3. The van der Waals surface area contributed by atoms with Gasteiger partial charge in [-0.05, 0) is 67.5 Å². The van der Waals surface area contributed by atoms with Gasteiger partial charge in [-0.2, -0.15) is 0 Å². The number of sulfonamides is 1. The standard InChI is InChI=1S/C26H33N3O6S2/c1-18-15-20(19-3-4-19)5-8-24(18)27-10-12-28(13-11-27)26(31)23-7-6-21(16-25(23)36(2,32)33)29-22(17-30)9-14-37(29,34)35/h5-8,15-16,19,22,30H,3-4,9-14,17H2,1-2H3/t22-/m0/s1. The van der Waals surface area contributed by atoms with Crippen molar-refractivity contribution < 1.29 is 26.7 Å². The third-order valence-electron chi connectivity index (χ3n) is 7.58. The second kappa shape index (κ2) is 9.59. The smallest absolute Gasteiger partial charge is 0.255 e. The van der Waals surface area contributed by atoms with E-state index in [1.165, 1.54) is 42.2 Å². The molecule has 2 saturated heterocycles. The Morgan fingerprint density at radius 2 is 1.73 bits per heavy atom. The van der Waals surface area contributed by atoms with E-state index >= 15 is 0 Å². The van der Waals surface area contributed by atoms with Crippen LogP contribution in [0, 0.1) is 6.92 Å². The largest absolute Gasteiger partial charge is 0.394 e. The first kappa shape index (κ1) is 26.0. The van der Waals surface area contributed by atoms with Gasteiger partial charge in [0.25, 0.3) is 5.91 Å². The first-order valence-electron chi connectivity index (χ1n) is 12.6. The van der Waals surface area contributed by atoms with E-state index in [4.69, 9.17) is 0 Å². The lowest BCUT2D eigenvalue weighted by Crippen LogP contribution is -2.49. The number of carbonyl (C=O) groups is 1. The van der Waals surface area contributed by atoms with E-state index in [2.05, 4.69) is 30.0 Å². The van der Waals surface area contributed by atoms with Gasteiger partial charge >= 0.3 is 0 Å². The SMILES string of the molecule is Cc1cc(C2CC2)ccc1N1CCN(C(=O)c2ccc(N3[C@H](CO)CCS3(=O)=O)cc2S(C)(=O)=O)CC1. The van der Waals surface area contributed by atoms with Gasteiger partial charge in [0.05, 0.1) is 34.5 Å². The van der Waals surface area contributed by atoms with E-state index < -0.39 is 31.8 Å². The molecule has 9 nitrogen and oxygen atoms in total. The van der Waals surface area contributed by atoms with Crippen LogP contribution in [0.4, 0.5) is 11.4 Å². The Morgan fingerprint density at radius 1 is 1.03 bits per heavy atom. The van der Waals surface area contributed by atoms with E-state index in [1.54, 1.807) is 4.90 Å². The highest BCUT2D eigenvalue weighted by atomic mass is 32.2. The molecular formula is C26H33N3O6S2. The number of nitrogens with zero attached hydrogens (tertiary/aromatic N) is 3. The summed E-state index contributed by atoms with van der Waals surface area (Å²) in [6.07, 6.45) is 3.77. The highest BCUT2D eigenvalue weighted by Crippen LogP contribution is 2.41. The molecule has 5 rings (SSSR count). The van der Waals surface area contributed by atoms with Crippen molar-refractivity contribution in [2.75, 3.05) is 54.0 Å². The van der Waals surface area contributed by atoms with Crippen molar-refractivity contribution in [2.24, 2.45) is 0 Å². The number of piperazine rings is 1. The van der Waals surface area contributed by atoms with Crippen molar-refractivity contribution in [3.8, 4) is 0 Å². The fourth-order valence-electron chi connectivity index (χ4n) is 5.42. The van der Waals surface area contributed by atoms with Gasteiger partial charge in [0.1, 0.15) is 0 Å². The Labute approximate surface area is 218 Å². The number of benzene rings is 2. The summed E-state index contributed by atoms with van der Waals surface area (Å²) in [7, 11) is -7.52. The molecule has 0 spiro atoms. The van der Waals surface area contributed by atoms with Gasteiger partial charge in [0, 0.05) is 38.1 Å². The second-order valence-corrected chi connectivity index (χ2v) is 14.2. The number of amides is 1. The van der Waals surface area contributed by atoms with Crippen LogP contribution in [0.5, 0.6) is 0 Å². The molecule has 0 unspecified atom stereocenters. The molecule has 11 heteroatoms. The lowest BCUT2D eigenvalue weighted by atomic mass is 10.0. The molecule has 1 aliphatic carbocycles. The van der Waals surface area contributed by atoms with Gasteiger partial charge in [-0.1, -0.05) is 12.1 Å². The fourth-order valence-corrected chi connectivity index (χ4v) is 8.14. The van der Waals surface area contributed by atoms with E-state index in [-0.39, 0.29) is 34.9 Å². The van der Waals surface area contributed by atoms with Crippen LogP contribution < -0.4 is 9.21 Å². The van der Waals surface area contributed by atoms with E-state index in [0.717, 1.165) is 16.2 Å². The van der Waals surface area contributed by atoms with Crippen molar-refractivity contribution in [2.45, 2.75) is 43.0 Å². The van der Waals surface area contributed by atoms with Crippen molar-refractivity contribution in [3.63, 3.8) is 0 Å². The highest BCUT2D eigenvalue weighted by molar-refractivity contribution is 7.93. The Morgan fingerprint density at radius 3 is 2.32 bits per heavy atom. The number of aliphatic hydroxyl groups is 1. The lowest BCUT2D eigenvalue weighted by molar-refractivity contribution is 0.0743. The third-order valence-corrected chi connectivity index (χ3v) is 10.6. The predicted molar refractivity (Wildman–Crippen MR) is 143 cm³/mol. The topological polar surface area (TPSA) is 115 Å². The normalized spacial score (nSPS) is 21.9. The molecule has 37 heavy (non-hydrogen) atoms. The van der Waals surface area contributed by atoms with Crippen LogP contribution in [-0.2, 0) is 19.9 Å². The number of hydrogen-bond donors (Lipinski definition) is 1. The lowest BCUT2D eigenvalue weighted by Gasteiger charge is -2.37. The molecule has 200 valence electrons. The number of aryl methyl sites for hydroxylation is 1. The number of anilines is 2. The van der Waals surface area contributed by atoms with E-state index in [1.807, 2.05) is 0 Å². The quantitative estimate of drug-likeness (QED) is 0.589. The van der Waals surface area contributed by atoms with Gasteiger partial charge in [-0.15, -0.1) is 0 Å². The summed E-state index contributed by atoms with van der Waals surface area (Å²) in [5.74, 6) is 0.174. The zero-order chi connectivity index (χ0) is 26.5. The number of sulfone groups is 1. The molecule has 0 bridgehead atoms. The minimum absolute atomic E-state index is 0.0295. The van der Waals surface area contributed by atoms with E-state index in [0.29, 0.717) is 32.1 Å². The summed E-state index contributed by atoms with van der Waals surface area (Å²) in [6.45, 7) is 3.89. The van der Waals surface area contributed by atoms with Gasteiger partial charge in [-0.25, -0.2) is 16.8 Å². The van der Waals surface area contributed by atoms with Crippen LogP contribution in [-0.4, -0.2) is 83.6 Å². The predicted octanol–water partition coefficient (Wildman–Crippen LogP) is 2.14. The fraction of sp³-hybridized carbons (Fsp3) is 0.500. The van der Waals surface area contributed by atoms with Crippen LogP contribution in [0.1, 0.15) is 46.7 Å². The van der Waals surface area contributed by atoms with E-state index in [9.17, 15) is 26.7 Å². The van der Waals surface area contributed by atoms with Gasteiger partial charge in [0.15, 0.2) is 9.84 Å². The van der Waals surface area contributed by atoms with Crippen LogP contribution in [0.2, 0.25) is 0 Å². The molecule has 1 amide bonds. The maximum absolute atomic E-state index is 13.5. The average molecular weight is 548 g/mol. The molecule has 0 radical (unpaired) electrons. The van der Waals surface area contributed by atoms with Gasteiger partial charge < -0.3 is 14.9 Å². The number of rotatable bonds is 6. The summed E-state index contributed by atoms with van der Waals surface area (Å²) in [5.41, 5.74) is 3.93. The maximum atomic E-state index is 13.5. The Kier molecular flexibility index (Phi) is 6.74. The summed E-state index contributed by atoms with van der Waals surface area (Å²) in [6, 6.07) is 10.0. The first-order valence-corrected chi connectivity index (χ1v) is 16.1. The van der Waals surface area contributed by atoms with Crippen molar-refractivity contribution in [3.05, 3.63) is 53.1 Å². The number of aliphatic hydroxyl groups excluding tert-OH is 1.